The molecule has 5 N–H and O–H groups in total. The van der Waals surface area contributed by atoms with Crippen LogP contribution < -0.4 is 11.5 Å². The zero-order chi connectivity index (χ0) is 11.4. The molecule has 0 heterocycles. The van der Waals surface area contributed by atoms with Crippen LogP contribution in [0.25, 0.3) is 0 Å². The Morgan fingerprint density at radius 2 is 1.80 bits per heavy atom. The average molecular weight is 247 g/mol. The number of benzene rings is 1. The van der Waals surface area contributed by atoms with Crippen molar-refractivity contribution >= 4 is 35.4 Å². The number of hydrogen-bond donors (Lipinski definition) is 3. The summed E-state index contributed by atoms with van der Waals surface area (Å²) in [6, 6.07) is 2.96. The smallest absolute Gasteiger partial charge is 0.211 e. The van der Waals surface area contributed by atoms with Gasteiger partial charge in [0.2, 0.25) is 5.96 Å². The second-order valence-electron chi connectivity index (χ2n) is 2.60. The number of rotatable bonds is 2. The zero-order valence-electron chi connectivity index (χ0n) is 7.48. The second kappa shape index (κ2) is 4.86. The maximum absolute atomic E-state index is 9.27. The number of phenols is 1. The molecule has 1 rings (SSSR count). The van der Waals surface area contributed by atoms with E-state index < -0.39 is 0 Å². The van der Waals surface area contributed by atoms with E-state index in [2.05, 4.69) is 10.2 Å². The number of aromatic hydroxyl groups is 1. The van der Waals surface area contributed by atoms with Crippen LogP contribution in [-0.2, 0) is 0 Å². The summed E-state index contributed by atoms with van der Waals surface area (Å²) >= 11 is 11.4. The van der Waals surface area contributed by atoms with Crippen LogP contribution in [0.5, 0.6) is 5.75 Å². The van der Waals surface area contributed by atoms with Crippen molar-refractivity contribution in [3.8, 4) is 5.75 Å². The average Bonchev–Trinajstić information content (AvgIpc) is 2.13. The molecule has 0 unspecified atom stereocenters. The Bertz CT molecular complexity index is 404. The van der Waals surface area contributed by atoms with Crippen molar-refractivity contribution in [1.29, 1.82) is 0 Å². The highest BCUT2D eigenvalue weighted by atomic mass is 35.5. The van der Waals surface area contributed by atoms with Crippen molar-refractivity contribution in [3.63, 3.8) is 0 Å². The van der Waals surface area contributed by atoms with Crippen LogP contribution in [0.15, 0.2) is 22.3 Å². The lowest BCUT2D eigenvalue weighted by Gasteiger charge is -2.00. The van der Waals surface area contributed by atoms with E-state index >= 15 is 0 Å². The summed E-state index contributed by atoms with van der Waals surface area (Å²) in [6.45, 7) is 0. The van der Waals surface area contributed by atoms with Crippen LogP contribution >= 0.6 is 23.2 Å². The Kier molecular flexibility index (Phi) is 3.76. The molecule has 80 valence electrons. The highest BCUT2D eigenvalue weighted by Crippen LogP contribution is 2.32. The van der Waals surface area contributed by atoms with Crippen molar-refractivity contribution in [1.82, 2.24) is 0 Å². The topological polar surface area (TPSA) is 97.0 Å². The molecule has 15 heavy (non-hydrogen) atoms. The quantitative estimate of drug-likeness (QED) is 0.417. The molecule has 0 atom stereocenters. The maximum atomic E-state index is 9.27. The van der Waals surface area contributed by atoms with Gasteiger partial charge in [0.1, 0.15) is 0 Å². The Morgan fingerprint density at radius 3 is 2.27 bits per heavy atom. The second-order valence-corrected chi connectivity index (χ2v) is 3.42. The molecule has 0 saturated heterocycles. The van der Waals surface area contributed by atoms with E-state index in [9.17, 15) is 5.11 Å². The summed E-state index contributed by atoms with van der Waals surface area (Å²) in [6.07, 6.45) is 1.36. The molecule has 0 aliphatic heterocycles. The van der Waals surface area contributed by atoms with E-state index in [1.165, 1.54) is 18.3 Å². The third-order valence-corrected chi connectivity index (χ3v) is 2.00. The van der Waals surface area contributed by atoms with Gasteiger partial charge in [-0.2, -0.15) is 5.10 Å². The summed E-state index contributed by atoms with van der Waals surface area (Å²) in [5.74, 6) is -0.320. The zero-order valence-corrected chi connectivity index (χ0v) is 9.00. The Hall–Kier alpha value is -1.46. The molecule has 5 nitrogen and oxygen atoms in total. The summed E-state index contributed by atoms with van der Waals surface area (Å²) in [5, 5.41) is 16.5. The molecule has 1 aromatic carbocycles. The molecule has 0 fully saturated rings. The molecule has 0 aliphatic rings. The van der Waals surface area contributed by atoms with Crippen LogP contribution in [0.4, 0.5) is 0 Å². The number of guanidine groups is 1. The van der Waals surface area contributed by atoms with Crippen molar-refractivity contribution in [2.75, 3.05) is 0 Å². The van der Waals surface area contributed by atoms with Gasteiger partial charge in [-0.3, -0.25) is 0 Å². The molecule has 7 heteroatoms. The van der Waals surface area contributed by atoms with Gasteiger partial charge >= 0.3 is 0 Å². The maximum Gasteiger partial charge on any atom is 0.211 e. The summed E-state index contributed by atoms with van der Waals surface area (Å²) in [7, 11) is 0. The monoisotopic (exact) mass is 246 g/mol. The van der Waals surface area contributed by atoms with Crippen LogP contribution in [0, 0.1) is 0 Å². The van der Waals surface area contributed by atoms with Crippen molar-refractivity contribution in [3.05, 3.63) is 27.7 Å². The normalized spacial score (nSPS) is 10.5. The van der Waals surface area contributed by atoms with Crippen LogP contribution in [0.2, 0.25) is 10.0 Å². The lowest BCUT2D eigenvalue weighted by atomic mass is 10.2. The summed E-state index contributed by atoms with van der Waals surface area (Å²) < 4.78 is 0. The fraction of sp³-hybridized carbons (Fsp3) is 0. The molecule has 0 aliphatic carbocycles. The van der Waals surface area contributed by atoms with Gasteiger partial charge in [0, 0.05) is 0 Å². The van der Waals surface area contributed by atoms with Gasteiger partial charge in [-0.25, -0.2) is 0 Å². The minimum absolute atomic E-state index is 0.133. The van der Waals surface area contributed by atoms with Gasteiger partial charge in [0.25, 0.3) is 0 Å². The minimum Gasteiger partial charge on any atom is -0.505 e. The fourth-order valence-corrected chi connectivity index (χ4v) is 1.33. The Balaban J connectivity index is 2.98. The van der Waals surface area contributed by atoms with E-state index in [1.54, 1.807) is 0 Å². The van der Waals surface area contributed by atoms with Gasteiger partial charge in [-0.05, 0) is 17.7 Å². The van der Waals surface area contributed by atoms with Gasteiger partial charge in [-0.15, -0.1) is 5.10 Å². The third-order valence-electron chi connectivity index (χ3n) is 1.42. The number of phenolic OH excluding ortho intramolecular Hbond substituents is 1. The van der Waals surface area contributed by atoms with Crippen LogP contribution in [-0.4, -0.2) is 17.3 Å². The molecule has 0 bridgehead atoms. The molecule has 0 spiro atoms. The standard InChI is InChI=1S/C8H8Cl2N4O/c9-5-1-4(2-6(10)7(5)15)3-13-14-8(11)12/h1-3,15H,(H4,11,12,14)/b13-3+. The first-order chi connectivity index (χ1) is 7.00. The predicted molar refractivity (Wildman–Crippen MR) is 61.5 cm³/mol. The largest absolute Gasteiger partial charge is 0.505 e. The fourth-order valence-electron chi connectivity index (χ4n) is 0.822. The SMILES string of the molecule is NC(N)=N/N=C/c1cc(Cl)c(O)c(Cl)c1. The van der Waals surface area contributed by atoms with E-state index in [0.717, 1.165) is 0 Å². The predicted octanol–water partition coefficient (Wildman–Crippen LogP) is 1.31. The lowest BCUT2D eigenvalue weighted by molar-refractivity contribution is 0.476. The summed E-state index contributed by atoms with van der Waals surface area (Å²) in [5.41, 5.74) is 10.7. The van der Waals surface area contributed by atoms with E-state index in [0.29, 0.717) is 5.56 Å². The first kappa shape index (κ1) is 11.6. The first-order valence-electron chi connectivity index (χ1n) is 3.80. The molecule has 0 radical (unpaired) electrons. The van der Waals surface area contributed by atoms with Gasteiger partial charge in [0.05, 0.1) is 16.3 Å². The van der Waals surface area contributed by atoms with Crippen LogP contribution in [0.3, 0.4) is 0 Å². The molecule has 1 aromatic rings. The minimum atomic E-state index is -0.169. The third kappa shape index (κ3) is 3.30. The number of nitrogens with zero attached hydrogens (tertiary/aromatic N) is 2. The van der Waals surface area contributed by atoms with Crippen molar-refractivity contribution < 1.29 is 5.11 Å². The van der Waals surface area contributed by atoms with Gasteiger partial charge in [-0.1, -0.05) is 23.2 Å². The van der Waals surface area contributed by atoms with Gasteiger partial charge < -0.3 is 16.6 Å². The molecule has 0 aromatic heterocycles. The highest BCUT2D eigenvalue weighted by Gasteiger charge is 2.04. The van der Waals surface area contributed by atoms with E-state index in [1.807, 2.05) is 0 Å². The molecule has 0 amide bonds. The van der Waals surface area contributed by atoms with Gasteiger partial charge in [0.15, 0.2) is 5.75 Å². The van der Waals surface area contributed by atoms with Crippen molar-refractivity contribution in [2.24, 2.45) is 21.7 Å². The van der Waals surface area contributed by atoms with E-state index in [4.69, 9.17) is 34.7 Å². The number of halogens is 2. The first-order valence-corrected chi connectivity index (χ1v) is 4.56. The summed E-state index contributed by atoms with van der Waals surface area (Å²) in [4.78, 5) is 0. The van der Waals surface area contributed by atoms with E-state index in [-0.39, 0.29) is 21.8 Å². The molecular formula is C8H8Cl2N4O. The molecule has 0 saturated carbocycles. The Labute approximate surface area is 96.0 Å². The highest BCUT2D eigenvalue weighted by molar-refractivity contribution is 6.37. The number of nitrogens with two attached hydrogens (primary N) is 2. The van der Waals surface area contributed by atoms with Crippen molar-refractivity contribution in [2.45, 2.75) is 0 Å². The molecular weight excluding hydrogens is 239 g/mol. The Morgan fingerprint density at radius 1 is 1.27 bits per heavy atom. The number of hydrogen-bond acceptors (Lipinski definition) is 3. The lowest BCUT2D eigenvalue weighted by Crippen LogP contribution is -2.21. The van der Waals surface area contributed by atoms with Crippen LogP contribution in [0.1, 0.15) is 5.56 Å².